The van der Waals surface area contributed by atoms with Crippen molar-refractivity contribution in [2.75, 3.05) is 6.61 Å². The van der Waals surface area contributed by atoms with Crippen LogP contribution in [0.3, 0.4) is 0 Å². The number of hydrogen-bond acceptors (Lipinski definition) is 8. The molecule has 5 aliphatic rings. The van der Waals surface area contributed by atoms with Gasteiger partial charge in [0.25, 0.3) is 0 Å². The topological polar surface area (TPSA) is 126 Å². The molecule has 5 rings (SSSR count). The number of ether oxygens (including phenoxy) is 2. The maximum atomic E-state index is 13.7. The molecule has 11 atom stereocenters. The van der Waals surface area contributed by atoms with Gasteiger partial charge in [-0.3, -0.25) is 4.79 Å². The zero-order chi connectivity index (χ0) is 25.4. The Hall–Kier alpha value is -0.300. The third-order valence-electron chi connectivity index (χ3n) is 10.8. The Morgan fingerprint density at radius 1 is 1.09 bits per heavy atom. The zero-order valence-corrected chi connectivity index (χ0v) is 22.8. The third kappa shape index (κ3) is 3.70. The SMILES string of the molecule is C=C1CC23CCC4C(C)(C(=O)OC5OC(CO)C(O)C(O)C5O)CCCC4(C)C2CCC1(OI)C3. The lowest BCUT2D eigenvalue weighted by atomic mass is 9.41. The molecule has 35 heavy (non-hydrogen) atoms. The standard InChI is InChI=1S/C26H39IO8/c1-14-11-25-9-5-16-23(2,17(25)6-10-26(14,13-25)35-27)7-4-8-24(16,3)22(32)34-21-20(31)19(30)18(29)15(12-28)33-21/h15-21,28-31H,1,4-13H2,2-3H3. The van der Waals surface area contributed by atoms with Gasteiger partial charge in [-0.1, -0.05) is 19.9 Å². The monoisotopic (exact) mass is 606 g/mol. The van der Waals surface area contributed by atoms with Gasteiger partial charge >= 0.3 is 5.97 Å². The van der Waals surface area contributed by atoms with Crippen molar-refractivity contribution in [3.05, 3.63) is 12.2 Å². The molecule has 198 valence electrons. The molecule has 1 aliphatic heterocycles. The van der Waals surface area contributed by atoms with E-state index in [1.165, 1.54) is 5.57 Å². The fraction of sp³-hybridized carbons (Fsp3) is 0.885. The van der Waals surface area contributed by atoms with E-state index in [1.54, 1.807) is 0 Å². The molecule has 0 aromatic rings. The van der Waals surface area contributed by atoms with E-state index in [9.17, 15) is 25.2 Å². The second kappa shape index (κ2) is 8.88. The molecule has 1 heterocycles. The molecule has 1 spiro atoms. The maximum absolute atomic E-state index is 13.7. The average Bonchev–Trinajstić information content (AvgIpc) is 3.03. The molecule has 0 radical (unpaired) electrons. The van der Waals surface area contributed by atoms with Crippen molar-refractivity contribution in [1.82, 2.24) is 0 Å². The maximum Gasteiger partial charge on any atom is 0.314 e. The number of aliphatic hydroxyl groups is 4. The number of carbonyl (C=O) groups excluding carboxylic acids is 1. The summed E-state index contributed by atoms with van der Waals surface area (Å²) in [7, 11) is 0. The largest absolute Gasteiger partial charge is 0.432 e. The molecule has 5 fully saturated rings. The summed E-state index contributed by atoms with van der Waals surface area (Å²) in [5.41, 5.74) is 0.404. The molecule has 0 amide bonds. The van der Waals surface area contributed by atoms with Crippen molar-refractivity contribution < 1.29 is 37.8 Å². The Morgan fingerprint density at radius 3 is 2.49 bits per heavy atom. The fourth-order valence-corrected chi connectivity index (χ4v) is 9.78. The van der Waals surface area contributed by atoms with Crippen LogP contribution in [0.1, 0.15) is 71.6 Å². The number of hydrogen-bond donors (Lipinski definition) is 4. The van der Waals surface area contributed by atoms with Gasteiger partial charge in [0.05, 0.1) is 12.0 Å². The number of aliphatic hydroxyl groups excluding tert-OH is 4. The molecular formula is C26H39IO8. The highest BCUT2D eigenvalue weighted by Crippen LogP contribution is 2.73. The molecular weight excluding hydrogens is 567 g/mol. The van der Waals surface area contributed by atoms with E-state index in [1.807, 2.05) is 29.9 Å². The highest BCUT2D eigenvalue weighted by atomic mass is 127. The predicted octanol–water partition coefficient (Wildman–Crippen LogP) is 2.79. The van der Waals surface area contributed by atoms with E-state index >= 15 is 0 Å². The van der Waals surface area contributed by atoms with Crippen LogP contribution < -0.4 is 0 Å². The minimum atomic E-state index is -1.59. The summed E-state index contributed by atoms with van der Waals surface area (Å²) in [6.07, 6.45) is 1.46. The van der Waals surface area contributed by atoms with Crippen LogP contribution in [0.2, 0.25) is 0 Å². The first kappa shape index (κ1) is 26.3. The summed E-state index contributed by atoms with van der Waals surface area (Å²) in [5.74, 6) is 0.163. The first-order chi connectivity index (χ1) is 16.5. The molecule has 11 unspecified atom stereocenters. The molecule has 9 heteroatoms. The van der Waals surface area contributed by atoms with Gasteiger partial charge in [-0.15, -0.1) is 0 Å². The van der Waals surface area contributed by atoms with Crippen LogP contribution in [0.15, 0.2) is 12.2 Å². The normalized spacial score (nSPS) is 53.6. The van der Waals surface area contributed by atoms with Crippen LogP contribution >= 0.6 is 23.0 Å². The van der Waals surface area contributed by atoms with Crippen molar-refractivity contribution in [3.8, 4) is 0 Å². The lowest BCUT2D eigenvalue weighted by molar-refractivity contribution is -0.298. The Balaban J connectivity index is 1.39. The number of halogens is 1. The zero-order valence-electron chi connectivity index (χ0n) is 20.6. The lowest BCUT2D eigenvalue weighted by Gasteiger charge is -2.64. The van der Waals surface area contributed by atoms with E-state index in [0.717, 1.165) is 51.4 Å². The number of carbonyl (C=O) groups is 1. The molecule has 4 N–H and O–H groups in total. The molecule has 1 saturated heterocycles. The summed E-state index contributed by atoms with van der Waals surface area (Å²) >= 11 is 2.05. The minimum absolute atomic E-state index is 0.0261. The van der Waals surface area contributed by atoms with Crippen molar-refractivity contribution in [1.29, 1.82) is 0 Å². The van der Waals surface area contributed by atoms with E-state index in [2.05, 4.69) is 13.5 Å². The summed E-state index contributed by atoms with van der Waals surface area (Å²) in [6, 6.07) is 0. The van der Waals surface area contributed by atoms with Crippen LogP contribution in [-0.4, -0.2) is 69.3 Å². The van der Waals surface area contributed by atoms with Crippen molar-refractivity contribution in [2.24, 2.45) is 28.1 Å². The minimum Gasteiger partial charge on any atom is -0.432 e. The average molecular weight is 606 g/mol. The summed E-state index contributed by atoms with van der Waals surface area (Å²) in [4.78, 5) is 13.7. The summed E-state index contributed by atoms with van der Waals surface area (Å²) < 4.78 is 17.2. The Morgan fingerprint density at radius 2 is 1.80 bits per heavy atom. The van der Waals surface area contributed by atoms with Crippen LogP contribution in [0.5, 0.6) is 0 Å². The molecule has 0 aromatic heterocycles. The van der Waals surface area contributed by atoms with Crippen molar-refractivity contribution in [3.63, 3.8) is 0 Å². The third-order valence-corrected chi connectivity index (χ3v) is 11.7. The Kier molecular flexibility index (Phi) is 6.68. The van der Waals surface area contributed by atoms with E-state index in [-0.39, 0.29) is 22.3 Å². The smallest absolute Gasteiger partial charge is 0.314 e. The van der Waals surface area contributed by atoms with Gasteiger partial charge in [-0.2, -0.15) is 0 Å². The van der Waals surface area contributed by atoms with Crippen molar-refractivity contribution >= 4 is 29.0 Å². The van der Waals surface area contributed by atoms with Crippen LogP contribution in [-0.2, 0) is 17.3 Å². The molecule has 8 nitrogen and oxygen atoms in total. The number of fused-ring (bicyclic) bond motifs is 3. The van der Waals surface area contributed by atoms with E-state index < -0.39 is 48.7 Å². The molecule has 4 aliphatic carbocycles. The first-order valence-electron chi connectivity index (χ1n) is 13.0. The summed E-state index contributed by atoms with van der Waals surface area (Å²) in [5, 5.41) is 40.1. The Labute approximate surface area is 221 Å². The molecule has 0 aromatic carbocycles. The van der Waals surface area contributed by atoms with Gasteiger partial charge in [0.2, 0.25) is 6.29 Å². The van der Waals surface area contributed by atoms with Gasteiger partial charge < -0.3 is 33.0 Å². The quantitative estimate of drug-likeness (QED) is 0.219. The van der Waals surface area contributed by atoms with Gasteiger partial charge in [0.15, 0.2) is 0 Å². The first-order valence-corrected chi connectivity index (χ1v) is 13.8. The fourth-order valence-electron chi connectivity index (χ4n) is 9.10. The van der Waals surface area contributed by atoms with Gasteiger partial charge in [0, 0.05) is 0 Å². The van der Waals surface area contributed by atoms with E-state index in [0.29, 0.717) is 12.3 Å². The van der Waals surface area contributed by atoms with Gasteiger partial charge in [-0.25, -0.2) is 0 Å². The molecule has 2 bridgehead atoms. The van der Waals surface area contributed by atoms with Gasteiger partial charge in [0.1, 0.15) is 53.0 Å². The van der Waals surface area contributed by atoms with Crippen LogP contribution in [0.4, 0.5) is 0 Å². The highest BCUT2D eigenvalue weighted by Gasteiger charge is 2.68. The molecule has 4 saturated carbocycles. The summed E-state index contributed by atoms with van der Waals surface area (Å²) in [6.45, 7) is 8.19. The number of esters is 1. The predicted molar refractivity (Wildman–Crippen MR) is 134 cm³/mol. The lowest BCUT2D eigenvalue weighted by Crippen LogP contribution is -2.62. The van der Waals surface area contributed by atoms with Crippen LogP contribution in [0.25, 0.3) is 0 Å². The van der Waals surface area contributed by atoms with Crippen molar-refractivity contribution in [2.45, 2.75) is 108 Å². The Bertz CT molecular complexity index is 881. The second-order valence-electron chi connectivity index (χ2n) is 12.5. The highest BCUT2D eigenvalue weighted by molar-refractivity contribution is 14.1. The number of rotatable bonds is 4. The van der Waals surface area contributed by atoms with Gasteiger partial charge in [-0.05, 0) is 86.5 Å². The second-order valence-corrected chi connectivity index (χ2v) is 12.9. The van der Waals surface area contributed by atoms with Crippen LogP contribution in [0, 0.1) is 28.1 Å². The van der Waals surface area contributed by atoms with E-state index in [4.69, 9.17) is 12.5 Å².